The molecule has 1 aromatic rings. The van der Waals surface area contributed by atoms with Crippen molar-refractivity contribution < 1.29 is 14.3 Å². The number of benzene rings is 1. The Morgan fingerprint density at radius 3 is 2.71 bits per heavy atom. The number of methoxy groups -OCH3 is 1. The summed E-state index contributed by atoms with van der Waals surface area (Å²) in [4.78, 5) is 12.4. The van der Waals surface area contributed by atoms with E-state index in [1.165, 1.54) is 12.8 Å². The summed E-state index contributed by atoms with van der Waals surface area (Å²) < 4.78 is 11.1. The number of hydrogen-bond donors (Lipinski definition) is 3. The highest BCUT2D eigenvalue weighted by molar-refractivity contribution is 7.80. The summed E-state index contributed by atoms with van der Waals surface area (Å²) in [5.41, 5.74) is 5.92. The number of carbonyl (C=O) groups excluding carboxylic acids is 1. The maximum atomic E-state index is 12.4. The second-order valence-corrected chi connectivity index (χ2v) is 7.90. The summed E-state index contributed by atoms with van der Waals surface area (Å²) in [6, 6.07) is 5.47. The van der Waals surface area contributed by atoms with Crippen LogP contribution in [0.4, 0.5) is 0 Å². The third-order valence-electron chi connectivity index (χ3n) is 5.49. The van der Waals surface area contributed by atoms with E-state index in [1.807, 2.05) is 0 Å². The average Bonchev–Trinajstić information content (AvgIpc) is 2.70. The third-order valence-corrected chi connectivity index (χ3v) is 5.71. The van der Waals surface area contributed by atoms with E-state index in [9.17, 15) is 4.79 Å². The largest absolute Gasteiger partial charge is 0.493 e. The molecule has 1 amide bonds. The maximum absolute atomic E-state index is 12.4. The Bertz CT molecular complexity index is 668. The van der Waals surface area contributed by atoms with Crippen LogP contribution in [0.25, 0.3) is 0 Å². The van der Waals surface area contributed by atoms with Crippen molar-refractivity contribution in [2.45, 2.75) is 58.9 Å². The molecule has 6 nitrogen and oxygen atoms in total. The second kappa shape index (κ2) is 11.1. The molecule has 2 rings (SSSR count). The highest BCUT2D eigenvalue weighted by atomic mass is 32.1. The van der Waals surface area contributed by atoms with Crippen LogP contribution in [0.1, 0.15) is 63.2 Å². The molecular weight excluding hydrogens is 374 g/mol. The van der Waals surface area contributed by atoms with Crippen molar-refractivity contribution in [2.24, 2.45) is 11.8 Å². The van der Waals surface area contributed by atoms with Gasteiger partial charge in [-0.05, 0) is 55.1 Å². The maximum Gasteiger partial charge on any atom is 0.269 e. The number of carbonyl (C=O) groups is 1. The monoisotopic (exact) mass is 407 g/mol. The van der Waals surface area contributed by atoms with Gasteiger partial charge in [-0.1, -0.05) is 40.0 Å². The Morgan fingerprint density at radius 2 is 2.00 bits per heavy atom. The Labute approximate surface area is 173 Å². The van der Waals surface area contributed by atoms with Gasteiger partial charge >= 0.3 is 0 Å². The molecule has 1 aliphatic carbocycles. The molecule has 0 bridgehead atoms. The van der Waals surface area contributed by atoms with Gasteiger partial charge in [-0.15, -0.1) is 0 Å². The Balaban J connectivity index is 1.87. The van der Waals surface area contributed by atoms with Crippen molar-refractivity contribution in [1.29, 1.82) is 0 Å². The molecule has 0 saturated heterocycles. The van der Waals surface area contributed by atoms with Crippen molar-refractivity contribution >= 4 is 23.2 Å². The van der Waals surface area contributed by atoms with Crippen LogP contribution in [0.2, 0.25) is 0 Å². The van der Waals surface area contributed by atoms with Gasteiger partial charge in [0.15, 0.2) is 16.6 Å². The molecule has 0 unspecified atom stereocenters. The molecule has 0 radical (unpaired) electrons. The van der Waals surface area contributed by atoms with Gasteiger partial charge in [0.1, 0.15) is 0 Å². The third kappa shape index (κ3) is 6.26. The molecule has 1 aromatic carbocycles. The highest BCUT2D eigenvalue weighted by Gasteiger charge is 2.27. The number of amides is 1. The molecule has 3 atom stereocenters. The van der Waals surface area contributed by atoms with Gasteiger partial charge < -0.3 is 14.8 Å². The first-order chi connectivity index (χ1) is 13.5. The van der Waals surface area contributed by atoms with E-state index in [0.717, 1.165) is 19.3 Å². The smallest absolute Gasteiger partial charge is 0.269 e. The summed E-state index contributed by atoms with van der Waals surface area (Å²) in [7, 11) is 1.56. The topological polar surface area (TPSA) is 71.6 Å². The molecule has 156 valence electrons. The molecule has 7 heteroatoms. The first-order valence-electron chi connectivity index (χ1n) is 10.1. The SMILES string of the molecule is CCCCOc1ccc(C(=O)NNC(=S)N[C@H]2CCC[C@@H](C)[C@@H]2C)cc1OC. The summed E-state index contributed by atoms with van der Waals surface area (Å²) in [6.45, 7) is 7.26. The van der Waals surface area contributed by atoms with Crippen LogP contribution in [-0.2, 0) is 0 Å². The Hall–Kier alpha value is -2.02. The van der Waals surface area contributed by atoms with E-state index in [2.05, 4.69) is 36.9 Å². The lowest BCUT2D eigenvalue weighted by Crippen LogP contribution is -2.52. The van der Waals surface area contributed by atoms with Crippen molar-refractivity contribution in [2.75, 3.05) is 13.7 Å². The van der Waals surface area contributed by atoms with Gasteiger partial charge in [0, 0.05) is 11.6 Å². The van der Waals surface area contributed by atoms with Gasteiger partial charge in [0.2, 0.25) is 0 Å². The lowest BCUT2D eigenvalue weighted by Gasteiger charge is -2.35. The Kier molecular flexibility index (Phi) is 8.83. The molecule has 1 saturated carbocycles. The van der Waals surface area contributed by atoms with Crippen LogP contribution in [-0.4, -0.2) is 30.8 Å². The normalized spacial score (nSPS) is 21.5. The summed E-state index contributed by atoms with van der Waals surface area (Å²) >= 11 is 5.34. The minimum absolute atomic E-state index is 0.285. The van der Waals surface area contributed by atoms with Gasteiger partial charge in [0.05, 0.1) is 13.7 Å². The second-order valence-electron chi connectivity index (χ2n) is 7.49. The van der Waals surface area contributed by atoms with E-state index in [0.29, 0.717) is 46.7 Å². The van der Waals surface area contributed by atoms with Gasteiger partial charge in [0.25, 0.3) is 5.91 Å². The molecular formula is C21H33N3O3S. The van der Waals surface area contributed by atoms with Gasteiger partial charge in [-0.25, -0.2) is 0 Å². The fourth-order valence-corrected chi connectivity index (χ4v) is 3.63. The van der Waals surface area contributed by atoms with Crippen LogP contribution in [0.15, 0.2) is 18.2 Å². The summed E-state index contributed by atoms with van der Waals surface area (Å²) in [5.74, 6) is 2.11. The number of rotatable bonds is 7. The fourth-order valence-electron chi connectivity index (χ4n) is 3.43. The number of hydrazine groups is 1. The first kappa shape index (κ1) is 22.3. The lowest BCUT2D eigenvalue weighted by molar-refractivity contribution is 0.0942. The van der Waals surface area contributed by atoms with Crippen LogP contribution >= 0.6 is 12.2 Å². The zero-order chi connectivity index (χ0) is 20.5. The van der Waals surface area contributed by atoms with Crippen molar-refractivity contribution in [1.82, 2.24) is 16.2 Å². The number of unbranched alkanes of at least 4 members (excludes halogenated alkanes) is 1. The van der Waals surface area contributed by atoms with Crippen LogP contribution in [0.5, 0.6) is 11.5 Å². The highest BCUT2D eigenvalue weighted by Crippen LogP contribution is 2.29. The zero-order valence-corrected chi connectivity index (χ0v) is 18.2. The number of ether oxygens (including phenoxy) is 2. The van der Waals surface area contributed by atoms with E-state index >= 15 is 0 Å². The minimum atomic E-state index is -0.285. The average molecular weight is 408 g/mol. The van der Waals surface area contributed by atoms with Crippen LogP contribution in [0.3, 0.4) is 0 Å². The zero-order valence-electron chi connectivity index (χ0n) is 17.3. The van der Waals surface area contributed by atoms with Crippen LogP contribution < -0.4 is 25.6 Å². The number of hydrogen-bond acceptors (Lipinski definition) is 4. The minimum Gasteiger partial charge on any atom is -0.493 e. The molecule has 0 spiro atoms. The lowest BCUT2D eigenvalue weighted by atomic mass is 9.78. The van der Waals surface area contributed by atoms with E-state index in [4.69, 9.17) is 21.7 Å². The predicted molar refractivity (Wildman–Crippen MR) is 116 cm³/mol. The van der Waals surface area contributed by atoms with Crippen molar-refractivity contribution in [3.05, 3.63) is 23.8 Å². The molecule has 0 aliphatic heterocycles. The fraction of sp³-hybridized carbons (Fsp3) is 0.619. The number of nitrogens with one attached hydrogen (secondary N) is 3. The molecule has 0 aromatic heterocycles. The molecule has 1 fully saturated rings. The van der Waals surface area contributed by atoms with Crippen LogP contribution in [0, 0.1) is 11.8 Å². The standard InChI is InChI=1S/C21H33N3O3S/c1-5-6-12-27-18-11-10-16(13-19(18)26-4)20(25)23-24-21(28)22-17-9-7-8-14(2)15(17)3/h10-11,13-15,17H,5-9,12H2,1-4H3,(H,23,25)(H2,22,24,28)/t14-,15+,17+/m1/s1. The van der Waals surface area contributed by atoms with E-state index in [-0.39, 0.29) is 5.91 Å². The van der Waals surface area contributed by atoms with Crippen molar-refractivity contribution in [3.63, 3.8) is 0 Å². The van der Waals surface area contributed by atoms with E-state index < -0.39 is 0 Å². The first-order valence-corrected chi connectivity index (χ1v) is 10.5. The van der Waals surface area contributed by atoms with E-state index in [1.54, 1.807) is 25.3 Å². The Morgan fingerprint density at radius 1 is 1.21 bits per heavy atom. The quantitative estimate of drug-likeness (QED) is 0.363. The van der Waals surface area contributed by atoms with Gasteiger partial charge in [-0.3, -0.25) is 15.6 Å². The van der Waals surface area contributed by atoms with Gasteiger partial charge in [-0.2, -0.15) is 0 Å². The molecule has 1 aliphatic rings. The number of thiocarbonyl (C=S) groups is 1. The summed E-state index contributed by atoms with van der Waals surface area (Å²) in [6.07, 6.45) is 5.58. The molecule has 0 heterocycles. The summed E-state index contributed by atoms with van der Waals surface area (Å²) in [5, 5.41) is 3.76. The predicted octanol–water partition coefficient (Wildman–Crippen LogP) is 3.81. The molecule has 28 heavy (non-hydrogen) atoms. The van der Waals surface area contributed by atoms with Crippen molar-refractivity contribution in [3.8, 4) is 11.5 Å². The molecule has 3 N–H and O–H groups in total.